The zero-order valence-corrected chi connectivity index (χ0v) is 46.0. The second-order valence-corrected chi connectivity index (χ2v) is 21.4. The lowest BCUT2D eigenvalue weighted by molar-refractivity contribution is -0.143. The predicted octanol–water partition coefficient (Wildman–Crippen LogP) is 16.9. The molecule has 81 heavy (non-hydrogen) atoms. The third kappa shape index (κ3) is 17.4. The van der Waals surface area contributed by atoms with E-state index < -0.39 is 103 Å². The molecule has 0 bridgehead atoms. The molecule has 0 aliphatic carbocycles. The van der Waals surface area contributed by atoms with Gasteiger partial charge in [0.15, 0.2) is 17.6 Å². The lowest BCUT2D eigenvalue weighted by atomic mass is 9.91. The second-order valence-electron chi connectivity index (χ2n) is 19.7. The quantitative estimate of drug-likeness (QED) is 0.0296. The summed E-state index contributed by atoms with van der Waals surface area (Å²) in [6.45, 7) is 7.10. The van der Waals surface area contributed by atoms with Crippen LogP contribution in [0.15, 0.2) is 127 Å². The van der Waals surface area contributed by atoms with E-state index in [9.17, 15) is 53.7 Å². The van der Waals surface area contributed by atoms with E-state index >= 15 is 4.39 Å². The predicted molar refractivity (Wildman–Crippen MR) is 278 cm³/mol. The van der Waals surface area contributed by atoms with Gasteiger partial charge in [0, 0.05) is 11.6 Å². The molecular formula is C58H58F10NO11P. The summed E-state index contributed by atoms with van der Waals surface area (Å²) in [4.78, 5) is 29.2. The number of amides is 1. The number of halogens is 10. The highest BCUT2D eigenvalue weighted by Crippen LogP contribution is 2.51. The molecule has 0 saturated heterocycles. The maximum Gasteiger partial charge on any atom is 0.514 e. The van der Waals surface area contributed by atoms with Gasteiger partial charge in [-0.1, -0.05) is 86.6 Å². The molecule has 6 aromatic rings. The van der Waals surface area contributed by atoms with Gasteiger partial charge in [-0.25, -0.2) is 18.5 Å². The summed E-state index contributed by atoms with van der Waals surface area (Å²) in [7, 11) is -1.88. The summed E-state index contributed by atoms with van der Waals surface area (Å²) in [5.41, 5.74) is -5.79. The van der Waals surface area contributed by atoms with Crippen molar-refractivity contribution in [3.63, 3.8) is 0 Å². The summed E-state index contributed by atoms with van der Waals surface area (Å²) in [6, 6.07) is 24.7. The average Bonchev–Trinajstić information content (AvgIpc) is 3.51. The molecule has 0 aliphatic heterocycles. The lowest BCUT2D eigenvalue weighted by Gasteiger charge is -2.36. The van der Waals surface area contributed by atoms with Crippen LogP contribution in [0.25, 0.3) is 11.1 Å². The smallest absolute Gasteiger partial charge is 0.496 e. The van der Waals surface area contributed by atoms with Crippen molar-refractivity contribution in [2.75, 3.05) is 20.8 Å². The molecule has 0 heterocycles. The Morgan fingerprint density at radius 2 is 1.15 bits per heavy atom. The number of phosphoric acid groups is 1. The fraction of sp³-hybridized carbons (Fsp3) is 0.345. The molecule has 0 saturated carbocycles. The Hall–Kier alpha value is -7.13. The maximum absolute atomic E-state index is 15.3. The molecule has 0 fully saturated rings. The topological polar surface area (TPSA) is 128 Å². The number of carbonyl (C=O) groups excluding carboxylic acids is 2. The first-order chi connectivity index (χ1) is 37.9. The Balaban J connectivity index is 1.38. The Bertz CT molecular complexity index is 3090. The molecule has 0 N–H and O–H groups in total. The van der Waals surface area contributed by atoms with Crippen molar-refractivity contribution in [3.05, 3.63) is 183 Å². The maximum atomic E-state index is 15.3. The van der Waals surface area contributed by atoms with Gasteiger partial charge in [0.1, 0.15) is 17.2 Å². The SMILES string of the molecule is COc1cc(CCOP(=O)(OCc2ccccc2)OCc2ccccc2)ccc1OC(=O)O[C@H](c1cc(C(F)(F)F)cc(C(F)(F)F)c1)[C@H](C)N(Cc1cc(C(F)(F)F)ccc1-c1cc(C(C)C)c(F)cc1OC)C(=O)OC(C)(C)C. The zero-order chi connectivity index (χ0) is 59.7. The number of methoxy groups -OCH3 is 2. The molecule has 1 amide bonds. The van der Waals surface area contributed by atoms with E-state index in [1.807, 2.05) is 0 Å². The first-order valence-corrected chi connectivity index (χ1v) is 26.4. The zero-order valence-electron chi connectivity index (χ0n) is 45.1. The largest absolute Gasteiger partial charge is 0.514 e. The molecule has 6 aromatic carbocycles. The normalized spacial score (nSPS) is 13.1. The van der Waals surface area contributed by atoms with Crippen molar-refractivity contribution in [1.82, 2.24) is 4.90 Å². The van der Waals surface area contributed by atoms with Crippen LogP contribution in [-0.4, -0.2) is 49.6 Å². The minimum absolute atomic E-state index is 0.0199. The summed E-state index contributed by atoms with van der Waals surface area (Å²) < 4.78 is 205. The Labute approximate surface area is 461 Å². The molecule has 0 aromatic heterocycles. The first-order valence-electron chi connectivity index (χ1n) is 24.9. The highest BCUT2D eigenvalue weighted by Gasteiger charge is 2.42. The molecule has 0 radical (unpaired) electrons. The van der Waals surface area contributed by atoms with Crippen LogP contribution in [0.5, 0.6) is 17.2 Å². The second kappa shape index (κ2) is 26.2. The number of nitrogens with zero attached hydrogens (tertiary/aromatic N) is 1. The summed E-state index contributed by atoms with van der Waals surface area (Å²) in [5, 5.41) is 0. The molecule has 0 spiro atoms. The van der Waals surface area contributed by atoms with Crippen LogP contribution in [0.2, 0.25) is 0 Å². The fourth-order valence-electron chi connectivity index (χ4n) is 8.20. The summed E-state index contributed by atoms with van der Waals surface area (Å²) in [5.74, 6) is -1.90. The summed E-state index contributed by atoms with van der Waals surface area (Å²) in [6.07, 6.45) is -21.4. The van der Waals surface area contributed by atoms with Gasteiger partial charge in [-0.15, -0.1) is 0 Å². The van der Waals surface area contributed by atoms with Crippen molar-refractivity contribution in [3.8, 4) is 28.4 Å². The highest BCUT2D eigenvalue weighted by atomic mass is 31.2. The minimum atomic E-state index is -5.44. The summed E-state index contributed by atoms with van der Waals surface area (Å²) >= 11 is 0. The molecule has 0 aliphatic rings. The van der Waals surface area contributed by atoms with Crippen LogP contribution < -0.4 is 14.2 Å². The van der Waals surface area contributed by atoms with Gasteiger partial charge in [-0.2, -0.15) is 39.5 Å². The Morgan fingerprint density at radius 1 is 0.593 bits per heavy atom. The number of hydrogen-bond donors (Lipinski definition) is 0. The number of carbonyl (C=O) groups is 2. The minimum Gasteiger partial charge on any atom is -0.496 e. The monoisotopic (exact) mass is 1170 g/mol. The van der Waals surface area contributed by atoms with Crippen LogP contribution in [-0.2, 0) is 72.3 Å². The number of rotatable bonds is 21. The number of phosphoric ester groups is 1. The number of benzene rings is 6. The van der Waals surface area contributed by atoms with E-state index in [0.29, 0.717) is 33.7 Å². The molecule has 12 nitrogen and oxygen atoms in total. The Kier molecular flexibility index (Phi) is 20.4. The van der Waals surface area contributed by atoms with E-state index in [4.69, 9.17) is 37.3 Å². The standard InChI is InChI=1S/C58H58F10NO11P/c1-35(2)46-30-47(50(73-7)31-48(46)59)45-21-20-42(56(60,61)62)28-41(45)32-69(53(70)80-55(4,5)6)36(3)52(40-26-43(57(63,64)65)29-44(27-40)58(66,67)68)79-54(71)78-49-22-19-37(25-51(49)74-8)23-24-75-81(72,76-33-38-15-11-9-12-16-38)77-34-39-17-13-10-14-18-39/h9-22,25-31,35-36,52H,23-24,32-34H2,1-8H3/t36-,52-/m0/s1. The number of alkyl halides is 9. The molecule has 436 valence electrons. The van der Waals surface area contributed by atoms with Gasteiger partial charge in [-0.3, -0.25) is 18.5 Å². The van der Waals surface area contributed by atoms with Gasteiger partial charge in [0.05, 0.1) is 63.3 Å². The molecule has 0 unspecified atom stereocenters. The number of ether oxygens (including phenoxy) is 5. The van der Waals surface area contributed by atoms with Gasteiger partial charge < -0.3 is 23.7 Å². The van der Waals surface area contributed by atoms with Gasteiger partial charge in [0.25, 0.3) is 0 Å². The number of hydrogen-bond acceptors (Lipinski definition) is 11. The lowest BCUT2D eigenvalue weighted by Crippen LogP contribution is -2.45. The van der Waals surface area contributed by atoms with Crippen LogP contribution in [0.3, 0.4) is 0 Å². The van der Waals surface area contributed by atoms with Crippen LogP contribution in [0, 0.1) is 5.82 Å². The van der Waals surface area contributed by atoms with Crippen molar-refractivity contribution in [1.29, 1.82) is 0 Å². The van der Waals surface area contributed by atoms with Crippen LogP contribution >= 0.6 is 7.82 Å². The molecule has 2 atom stereocenters. The van der Waals surface area contributed by atoms with Gasteiger partial charge >= 0.3 is 38.6 Å². The third-order valence-corrected chi connectivity index (χ3v) is 13.6. The van der Waals surface area contributed by atoms with Gasteiger partial charge in [0.2, 0.25) is 0 Å². The van der Waals surface area contributed by atoms with E-state index in [1.165, 1.54) is 59.3 Å². The van der Waals surface area contributed by atoms with Crippen molar-refractivity contribution >= 4 is 20.1 Å². The van der Waals surface area contributed by atoms with E-state index in [0.717, 1.165) is 19.1 Å². The van der Waals surface area contributed by atoms with Crippen LogP contribution in [0.4, 0.5) is 53.5 Å². The van der Waals surface area contributed by atoms with Gasteiger partial charge in [-0.05, 0) is 128 Å². The molecule has 23 heteroatoms. The van der Waals surface area contributed by atoms with E-state index in [2.05, 4.69) is 0 Å². The van der Waals surface area contributed by atoms with Crippen molar-refractivity contribution in [2.24, 2.45) is 0 Å². The van der Waals surface area contributed by atoms with E-state index in [1.54, 1.807) is 74.5 Å². The van der Waals surface area contributed by atoms with E-state index in [-0.39, 0.29) is 78.2 Å². The highest BCUT2D eigenvalue weighted by molar-refractivity contribution is 7.48. The van der Waals surface area contributed by atoms with Crippen LogP contribution in [0.1, 0.15) is 104 Å². The molecule has 6 rings (SSSR count). The Morgan fingerprint density at radius 3 is 1.65 bits per heavy atom. The molecular weight excluding hydrogens is 1110 g/mol. The van der Waals surface area contributed by atoms with Crippen molar-refractivity contribution < 1.29 is 95.3 Å². The average molecular weight is 1170 g/mol. The van der Waals surface area contributed by atoms with Crippen molar-refractivity contribution in [2.45, 2.75) is 110 Å². The first kappa shape index (κ1) is 63.1. The third-order valence-electron chi connectivity index (χ3n) is 12.2. The fourth-order valence-corrected chi connectivity index (χ4v) is 9.35.